The summed E-state index contributed by atoms with van der Waals surface area (Å²) in [4.78, 5) is 0. The maximum atomic E-state index is 5.62. The molecule has 0 spiro atoms. The van der Waals surface area contributed by atoms with E-state index in [1.807, 2.05) is 19.1 Å². The lowest BCUT2D eigenvalue weighted by molar-refractivity contribution is -0.0459. The number of halogens is 1. The topological polar surface area (TPSA) is 36.9 Å². The fraction of sp³-hybridized carbons (Fsp3) is 0.500. The third kappa shape index (κ3) is 2.73. The Hall–Kier alpha value is -0.780. The summed E-state index contributed by atoms with van der Waals surface area (Å²) in [5, 5.41) is 0. The SMILES string of the molecule is CCOc1c(OC)cc(Br)cc1C1OCCO1. The van der Waals surface area contributed by atoms with Crippen LogP contribution in [0.3, 0.4) is 0 Å². The maximum absolute atomic E-state index is 5.62. The van der Waals surface area contributed by atoms with Gasteiger partial charge in [-0.2, -0.15) is 0 Å². The molecule has 0 amide bonds. The Bertz CT molecular complexity index is 388. The minimum absolute atomic E-state index is 0.372. The lowest BCUT2D eigenvalue weighted by Crippen LogP contribution is -2.05. The molecule has 1 aliphatic heterocycles. The first-order chi connectivity index (χ1) is 8.26. The molecule has 1 aromatic carbocycles. The summed E-state index contributed by atoms with van der Waals surface area (Å²) in [6.07, 6.45) is -0.372. The van der Waals surface area contributed by atoms with Crippen LogP contribution in [0.2, 0.25) is 0 Å². The number of hydrogen-bond acceptors (Lipinski definition) is 4. The van der Waals surface area contributed by atoms with Gasteiger partial charge in [-0.1, -0.05) is 15.9 Å². The summed E-state index contributed by atoms with van der Waals surface area (Å²) >= 11 is 3.44. The van der Waals surface area contributed by atoms with E-state index in [0.29, 0.717) is 31.3 Å². The summed E-state index contributed by atoms with van der Waals surface area (Å²) in [6, 6.07) is 3.80. The Morgan fingerprint density at radius 2 is 2.06 bits per heavy atom. The number of benzene rings is 1. The van der Waals surface area contributed by atoms with E-state index in [-0.39, 0.29) is 6.29 Å². The molecule has 17 heavy (non-hydrogen) atoms. The first-order valence-corrected chi connectivity index (χ1v) is 6.29. The molecule has 2 rings (SSSR count). The molecule has 94 valence electrons. The summed E-state index contributed by atoms with van der Waals surface area (Å²) < 4.78 is 22.8. The second-order valence-electron chi connectivity index (χ2n) is 3.53. The zero-order valence-corrected chi connectivity index (χ0v) is 11.5. The van der Waals surface area contributed by atoms with Crippen molar-refractivity contribution in [3.05, 3.63) is 22.2 Å². The molecule has 0 aromatic heterocycles. The summed E-state index contributed by atoms with van der Waals surface area (Å²) in [7, 11) is 1.62. The highest BCUT2D eigenvalue weighted by Gasteiger charge is 2.25. The molecule has 0 bridgehead atoms. The Morgan fingerprint density at radius 1 is 1.35 bits per heavy atom. The van der Waals surface area contributed by atoms with E-state index in [2.05, 4.69) is 15.9 Å². The standard InChI is InChI=1S/C12H15BrO4/c1-3-15-11-9(12-16-4-5-17-12)6-8(13)7-10(11)14-2/h6-7,12H,3-5H2,1-2H3. The molecule has 0 unspecified atom stereocenters. The van der Waals surface area contributed by atoms with Gasteiger partial charge < -0.3 is 18.9 Å². The Morgan fingerprint density at radius 3 is 2.65 bits per heavy atom. The van der Waals surface area contributed by atoms with Crippen LogP contribution in [0.25, 0.3) is 0 Å². The lowest BCUT2D eigenvalue weighted by Gasteiger charge is -2.18. The molecule has 1 fully saturated rings. The van der Waals surface area contributed by atoms with Crippen molar-refractivity contribution in [2.75, 3.05) is 26.9 Å². The quantitative estimate of drug-likeness (QED) is 0.857. The van der Waals surface area contributed by atoms with Crippen molar-refractivity contribution >= 4 is 15.9 Å². The van der Waals surface area contributed by atoms with Gasteiger partial charge in [0.05, 0.1) is 32.5 Å². The van der Waals surface area contributed by atoms with Gasteiger partial charge in [0.15, 0.2) is 17.8 Å². The highest BCUT2D eigenvalue weighted by molar-refractivity contribution is 9.10. The minimum atomic E-state index is -0.372. The number of rotatable bonds is 4. The third-order valence-corrected chi connectivity index (χ3v) is 2.89. The maximum Gasteiger partial charge on any atom is 0.187 e. The van der Waals surface area contributed by atoms with Crippen LogP contribution >= 0.6 is 15.9 Å². The minimum Gasteiger partial charge on any atom is -0.493 e. The van der Waals surface area contributed by atoms with Gasteiger partial charge in [-0.3, -0.25) is 0 Å². The van der Waals surface area contributed by atoms with Crippen LogP contribution in [0, 0.1) is 0 Å². The van der Waals surface area contributed by atoms with Crippen LogP contribution in [0.4, 0.5) is 0 Å². The van der Waals surface area contributed by atoms with Crippen molar-refractivity contribution in [2.45, 2.75) is 13.2 Å². The van der Waals surface area contributed by atoms with Gasteiger partial charge in [0.1, 0.15) is 0 Å². The molecule has 1 aromatic rings. The fourth-order valence-corrected chi connectivity index (χ4v) is 2.21. The zero-order chi connectivity index (χ0) is 12.3. The highest BCUT2D eigenvalue weighted by Crippen LogP contribution is 2.40. The molecule has 0 atom stereocenters. The van der Waals surface area contributed by atoms with E-state index >= 15 is 0 Å². The van der Waals surface area contributed by atoms with Crippen molar-refractivity contribution < 1.29 is 18.9 Å². The molecule has 0 N–H and O–H groups in total. The largest absolute Gasteiger partial charge is 0.493 e. The van der Waals surface area contributed by atoms with Gasteiger partial charge in [-0.25, -0.2) is 0 Å². The average Bonchev–Trinajstić information content (AvgIpc) is 2.84. The fourth-order valence-electron chi connectivity index (χ4n) is 1.75. The Labute approximate surface area is 109 Å². The van der Waals surface area contributed by atoms with E-state index in [4.69, 9.17) is 18.9 Å². The van der Waals surface area contributed by atoms with E-state index < -0.39 is 0 Å². The van der Waals surface area contributed by atoms with E-state index in [1.165, 1.54) is 0 Å². The van der Waals surface area contributed by atoms with Gasteiger partial charge in [0, 0.05) is 4.47 Å². The monoisotopic (exact) mass is 302 g/mol. The average molecular weight is 303 g/mol. The first-order valence-electron chi connectivity index (χ1n) is 5.49. The van der Waals surface area contributed by atoms with Crippen LogP contribution in [0.5, 0.6) is 11.5 Å². The van der Waals surface area contributed by atoms with E-state index in [1.54, 1.807) is 7.11 Å². The van der Waals surface area contributed by atoms with Gasteiger partial charge in [-0.15, -0.1) is 0 Å². The molecule has 1 aliphatic rings. The molecule has 5 heteroatoms. The molecule has 0 saturated carbocycles. The summed E-state index contributed by atoms with van der Waals surface area (Å²) in [6.45, 7) is 3.70. The Balaban J connectivity index is 2.42. The smallest absolute Gasteiger partial charge is 0.187 e. The second kappa shape index (κ2) is 5.71. The van der Waals surface area contributed by atoms with Crippen molar-refractivity contribution in [1.29, 1.82) is 0 Å². The first kappa shape index (κ1) is 12.7. The van der Waals surface area contributed by atoms with Gasteiger partial charge in [-0.05, 0) is 19.1 Å². The van der Waals surface area contributed by atoms with Crippen LogP contribution in [0.15, 0.2) is 16.6 Å². The molecule has 1 saturated heterocycles. The van der Waals surface area contributed by atoms with Gasteiger partial charge >= 0.3 is 0 Å². The normalized spacial score (nSPS) is 16.2. The van der Waals surface area contributed by atoms with Crippen molar-refractivity contribution in [2.24, 2.45) is 0 Å². The number of hydrogen-bond donors (Lipinski definition) is 0. The van der Waals surface area contributed by atoms with Gasteiger partial charge in [0.25, 0.3) is 0 Å². The summed E-state index contributed by atoms with van der Waals surface area (Å²) in [5.41, 5.74) is 0.857. The predicted molar refractivity (Wildman–Crippen MR) is 66.5 cm³/mol. The second-order valence-corrected chi connectivity index (χ2v) is 4.45. The Kier molecular flexibility index (Phi) is 4.25. The van der Waals surface area contributed by atoms with Crippen molar-refractivity contribution in [3.8, 4) is 11.5 Å². The van der Waals surface area contributed by atoms with Crippen LogP contribution in [-0.4, -0.2) is 26.9 Å². The van der Waals surface area contributed by atoms with Crippen molar-refractivity contribution in [1.82, 2.24) is 0 Å². The van der Waals surface area contributed by atoms with Crippen LogP contribution in [-0.2, 0) is 9.47 Å². The predicted octanol–water partition coefficient (Wildman–Crippen LogP) is 2.90. The van der Waals surface area contributed by atoms with Crippen LogP contribution < -0.4 is 9.47 Å². The molecule has 0 radical (unpaired) electrons. The molecular formula is C12H15BrO4. The van der Waals surface area contributed by atoms with Crippen molar-refractivity contribution in [3.63, 3.8) is 0 Å². The zero-order valence-electron chi connectivity index (χ0n) is 9.86. The molecule has 4 nitrogen and oxygen atoms in total. The number of methoxy groups -OCH3 is 1. The highest BCUT2D eigenvalue weighted by atomic mass is 79.9. The van der Waals surface area contributed by atoms with E-state index in [0.717, 1.165) is 10.0 Å². The van der Waals surface area contributed by atoms with E-state index in [9.17, 15) is 0 Å². The lowest BCUT2D eigenvalue weighted by atomic mass is 10.1. The van der Waals surface area contributed by atoms with Gasteiger partial charge in [0.2, 0.25) is 0 Å². The molecule has 0 aliphatic carbocycles. The molecular weight excluding hydrogens is 288 g/mol. The third-order valence-electron chi connectivity index (χ3n) is 2.43. The summed E-state index contributed by atoms with van der Waals surface area (Å²) in [5.74, 6) is 1.36. The van der Waals surface area contributed by atoms with Crippen LogP contribution in [0.1, 0.15) is 18.8 Å². The molecule has 1 heterocycles. The number of ether oxygens (including phenoxy) is 4.